The molecule has 1 heterocycles. The molecule has 3 aromatic carbocycles. The summed E-state index contributed by atoms with van der Waals surface area (Å²) in [6.07, 6.45) is 0.456. The van der Waals surface area contributed by atoms with Gasteiger partial charge in [0.2, 0.25) is 0 Å². The number of nitrogens with zero attached hydrogens (tertiary/aromatic N) is 1. The fraction of sp³-hybridized carbons (Fsp3) is 0.281. The Morgan fingerprint density at radius 2 is 1.87 bits per heavy atom. The Hall–Kier alpha value is -3.82. The van der Waals surface area contributed by atoms with E-state index in [4.69, 9.17) is 18.9 Å². The first kappa shape index (κ1) is 34.1. The first-order valence-corrected chi connectivity index (χ1v) is 15.9. The number of ether oxygens (including phenoxy) is 4. The van der Waals surface area contributed by atoms with Crippen molar-refractivity contribution in [2.24, 2.45) is 5.10 Å². The number of hydrazone groups is 1. The van der Waals surface area contributed by atoms with Gasteiger partial charge in [-0.15, -0.1) is 0 Å². The van der Waals surface area contributed by atoms with Crippen molar-refractivity contribution in [3.05, 3.63) is 96.2 Å². The highest BCUT2D eigenvalue weighted by Gasteiger charge is 2.32. The van der Waals surface area contributed by atoms with Crippen molar-refractivity contribution >= 4 is 56.7 Å². The minimum absolute atomic E-state index is 0.139. The molecular weight excluding hydrogens is 759 g/mol. The van der Waals surface area contributed by atoms with Gasteiger partial charge in [0.05, 0.1) is 39.6 Å². The number of halogens is 2. The summed E-state index contributed by atoms with van der Waals surface area (Å²) in [5.74, 6) is 0.915. The van der Waals surface area contributed by atoms with Gasteiger partial charge in [0.1, 0.15) is 19.0 Å². The molecule has 4 rings (SSSR count). The maximum absolute atomic E-state index is 12.4. The van der Waals surface area contributed by atoms with Crippen LogP contribution in [-0.2, 0) is 16.1 Å². The number of aliphatic hydroxyl groups is 1. The molecule has 0 aliphatic carbocycles. The number of carbonyl (C=O) groups is 2. The van der Waals surface area contributed by atoms with Crippen molar-refractivity contribution in [1.29, 1.82) is 0 Å². The second-order valence-corrected chi connectivity index (χ2v) is 12.0. The summed E-state index contributed by atoms with van der Waals surface area (Å²) < 4.78 is 24.2. The van der Waals surface area contributed by atoms with Crippen LogP contribution in [0.3, 0.4) is 0 Å². The molecule has 0 radical (unpaired) electrons. The predicted molar refractivity (Wildman–Crippen MR) is 181 cm³/mol. The predicted octanol–water partition coefficient (Wildman–Crippen LogP) is 5.46. The third-order valence-corrected chi connectivity index (χ3v) is 8.02. The van der Waals surface area contributed by atoms with Gasteiger partial charge in [0, 0.05) is 5.70 Å². The van der Waals surface area contributed by atoms with Crippen LogP contribution in [0.2, 0.25) is 0 Å². The summed E-state index contributed by atoms with van der Waals surface area (Å²) in [7, 11) is 1.28. The second kappa shape index (κ2) is 16.0. The zero-order valence-electron chi connectivity index (χ0n) is 25.1. The van der Waals surface area contributed by atoms with Gasteiger partial charge in [-0.25, -0.2) is 9.59 Å². The van der Waals surface area contributed by atoms with Gasteiger partial charge >= 0.3 is 12.0 Å². The van der Waals surface area contributed by atoms with Gasteiger partial charge in [-0.05, 0) is 100 Å². The average Bonchev–Trinajstić information content (AvgIpc) is 3.00. The van der Waals surface area contributed by atoms with E-state index in [1.807, 2.05) is 38.1 Å². The summed E-state index contributed by atoms with van der Waals surface area (Å²) in [5, 5.41) is 20.0. The Labute approximate surface area is 283 Å². The highest BCUT2D eigenvalue weighted by molar-refractivity contribution is 14.1. The van der Waals surface area contributed by atoms with Crippen molar-refractivity contribution in [3.8, 4) is 17.2 Å². The number of aliphatic hydroxyl groups excluding tert-OH is 1. The third-order valence-electron chi connectivity index (χ3n) is 6.63. The molecule has 0 fully saturated rings. The Morgan fingerprint density at radius 3 is 2.56 bits per heavy atom. The number of benzene rings is 3. The minimum atomic E-state index is -1.13. The minimum Gasteiger partial charge on any atom is -0.490 e. The van der Waals surface area contributed by atoms with E-state index in [2.05, 4.69) is 71.8 Å². The lowest BCUT2D eigenvalue weighted by atomic mass is 9.95. The lowest BCUT2D eigenvalue weighted by Gasteiger charge is -2.28. The number of esters is 1. The maximum atomic E-state index is 12.4. The quantitative estimate of drug-likeness (QED) is 0.0589. The maximum Gasteiger partial charge on any atom is 0.337 e. The molecule has 11 nitrogen and oxygen atoms in total. The molecule has 2 atom stereocenters. The zero-order valence-corrected chi connectivity index (χ0v) is 28.9. The molecule has 0 spiro atoms. The second-order valence-electron chi connectivity index (χ2n) is 10.0. The fourth-order valence-electron chi connectivity index (χ4n) is 4.45. The number of aryl methyl sites for hydroxylation is 1. The van der Waals surface area contributed by atoms with Crippen LogP contribution in [0, 0.1) is 10.5 Å². The summed E-state index contributed by atoms with van der Waals surface area (Å²) in [5.41, 5.74) is 6.99. The van der Waals surface area contributed by atoms with Gasteiger partial charge in [0.25, 0.3) is 0 Å². The molecule has 3 aromatic rings. The Morgan fingerprint density at radius 1 is 1.11 bits per heavy atom. The number of amides is 2. The molecular formula is C32H34BrIN4O7. The normalized spacial score (nSPS) is 15.3. The van der Waals surface area contributed by atoms with E-state index < -0.39 is 24.3 Å². The zero-order chi connectivity index (χ0) is 32.5. The molecule has 4 N–H and O–H groups in total. The van der Waals surface area contributed by atoms with Crippen LogP contribution in [0.25, 0.3) is 0 Å². The highest BCUT2D eigenvalue weighted by atomic mass is 127. The van der Waals surface area contributed by atoms with E-state index in [1.54, 1.807) is 31.3 Å². The van der Waals surface area contributed by atoms with E-state index >= 15 is 0 Å². The first-order valence-electron chi connectivity index (χ1n) is 14.0. The van der Waals surface area contributed by atoms with Crippen LogP contribution in [0.4, 0.5) is 4.79 Å². The largest absolute Gasteiger partial charge is 0.490 e. The van der Waals surface area contributed by atoms with Crippen LogP contribution in [0.1, 0.15) is 42.1 Å². The van der Waals surface area contributed by atoms with Crippen molar-refractivity contribution in [2.75, 3.05) is 20.3 Å². The fourth-order valence-corrected chi connectivity index (χ4v) is 6.22. The molecule has 1 aliphatic heterocycles. The van der Waals surface area contributed by atoms with Crippen LogP contribution in [0.15, 0.2) is 75.4 Å². The number of hydrogen-bond acceptors (Lipinski definition) is 9. The van der Waals surface area contributed by atoms with E-state index in [0.717, 1.165) is 24.9 Å². The number of urea groups is 1. The highest BCUT2D eigenvalue weighted by Crippen LogP contribution is 2.35. The Bertz CT molecular complexity index is 1570. The number of carbonyl (C=O) groups excluding carboxylic acids is 2. The van der Waals surface area contributed by atoms with Crippen molar-refractivity contribution in [2.45, 2.75) is 39.6 Å². The number of allylic oxidation sites excluding steroid dienone is 1. The molecule has 1 aliphatic rings. The van der Waals surface area contributed by atoms with Gasteiger partial charge in [-0.1, -0.05) is 35.9 Å². The van der Waals surface area contributed by atoms with E-state index in [1.165, 1.54) is 12.7 Å². The van der Waals surface area contributed by atoms with E-state index in [-0.39, 0.29) is 12.2 Å². The van der Waals surface area contributed by atoms with Crippen LogP contribution < -0.4 is 30.3 Å². The Balaban J connectivity index is 1.37. The molecule has 13 heteroatoms. The first-order chi connectivity index (χ1) is 21.6. The summed E-state index contributed by atoms with van der Waals surface area (Å²) >= 11 is 5.79. The molecule has 238 valence electrons. The number of nitrogens with one attached hydrogen (secondary N) is 3. The smallest absolute Gasteiger partial charge is 0.337 e. The van der Waals surface area contributed by atoms with Crippen LogP contribution in [0.5, 0.6) is 17.2 Å². The number of methoxy groups -OCH3 is 1. The lowest BCUT2D eigenvalue weighted by Crippen LogP contribution is -2.45. The molecule has 0 bridgehead atoms. The van der Waals surface area contributed by atoms with Gasteiger partial charge < -0.3 is 34.7 Å². The van der Waals surface area contributed by atoms with E-state index in [9.17, 15) is 14.7 Å². The SMILES string of the molecule is CCOc1cc([C@@H]2NC(=O)NC(C)=C2C(=O)OC)ccc1OC[C@H](O)N/N=C\c1cc(Br)c(OCc2ccc(C)cc2)c(I)c1. The van der Waals surface area contributed by atoms with Crippen LogP contribution in [-0.4, -0.2) is 49.9 Å². The topological polar surface area (TPSA) is 140 Å². The van der Waals surface area contributed by atoms with E-state index in [0.29, 0.717) is 36.0 Å². The van der Waals surface area contributed by atoms with Gasteiger partial charge in [-0.2, -0.15) is 5.10 Å². The van der Waals surface area contributed by atoms with Gasteiger partial charge in [0.15, 0.2) is 17.7 Å². The third kappa shape index (κ3) is 9.11. The molecule has 0 aromatic heterocycles. The molecule has 0 unspecified atom stereocenters. The van der Waals surface area contributed by atoms with Gasteiger partial charge in [-0.3, -0.25) is 5.43 Å². The summed E-state index contributed by atoms with van der Waals surface area (Å²) in [6, 6.07) is 15.8. The van der Waals surface area contributed by atoms with Crippen LogP contribution >= 0.6 is 38.5 Å². The molecule has 45 heavy (non-hydrogen) atoms. The van der Waals surface area contributed by atoms with Crippen molar-refractivity contribution in [1.82, 2.24) is 16.1 Å². The molecule has 2 amide bonds. The van der Waals surface area contributed by atoms with Crippen molar-refractivity contribution < 1.29 is 33.6 Å². The monoisotopic (exact) mass is 792 g/mol. The molecule has 0 saturated carbocycles. The average molecular weight is 793 g/mol. The number of hydrogen-bond donors (Lipinski definition) is 4. The van der Waals surface area contributed by atoms with Crippen molar-refractivity contribution in [3.63, 3.8) is 0 Å². The summed E-state index contributed by atoms with van der Waals surface area (Å²) in [6.45, 7) is 6.15. The lowest BCUT2D eigenvalue weighted by molar-refractivity contribution is -0.136. The molecule has 0 saturated heterocycles. The number of rotatable bonds is 13. The standard InChI is InChI=1S/C32H34BrIN4O7/c1-5-43-26-14-22(29-28(31(40)42-4)19(3)36-32(41)37-29)10-11-25(26)44-17-27(39)38-35-15-21-12-23(33)30(24(34)13-21)45-16-20-8-6-18(2)7-9-20/h6-15,27,29,38-39H,5,16-17H2,1-4H3,(H2,36,37,41)/b35-15-/t27-,29-/m0/s1. The Kier molecular flexibility index (Phi) is 12.1. The summed E-state index contributed by atoms with van der Waals surface area (Å²) in [4.78, 5) is 24.6.